The van der Waals surface area contributed by atoms with Crippen LogP contribution in [-0.4, -0.2) is 16.2 Å². The van der Waals surface area contributed by atoms with E-state index in [1.54, 1.807) is 6.20 Å². The van der Waals surface area contributed by atoms with Gasteiger partial charge < -0.3 is 9.30 Å². The van der Waals surface area contributed by atoms with Crippen molar-refractivity contribution in [3.05, 3.63) is 47.8 Å². The van der Waals surface area contributed by atoms with Crippen molar-refractivity contribution in [1.82, 2.24) is 9.55 Å². The second kappa shape index (κ2) is 5.32. The van der Waals surface area contributed by atoms with Gasteiger partial charge in [0.2, 0.25) is 0 Å². The molecule has 2 aromatic rings. The van der Waals surface area contributed by atoms with Crippen LogP contribution in [0.1, 0.15) is 11.4 Å². The molecule has 2 rings (SSSR count). The van der Waals surface area contributed by atoms with E-state index >= 15 is 0 Å². The fourth-order valence-corrected chi connectivity index (χ4v) is 1.58. The van der Waals surface area contributed by atoms with E-state index in [4.69, 9.17) is 10.00 Å². The minimum atomic E-state index is -0.520. The average Bonchev–Trinajstić information content (AvgIpc) is 2.77. The number of benzene rings is 1. The molecule has 1 heterocycles. The van der Waals surface area contributed by atoms with Gasteiger partial charge in [0.1, 0.15) is 5.82 Å². The lowest BCUT2D eigenvalue weighted by Gasteiger charge is -2.07. The highest BCUT2D eigenvalue weighted by atomic mass is 19.1. The van der Waals surface area contributed by atoms with Gasteiger partial charge in [-0.2, -0.15) is 5.26 Å². The predicted octanol–water partition coefficient (Wildman–Crippen LogP) is 2.05. The molecule has 0 bridgehead atoms. The summed E-state index contributed by atoms with van der Waals surface area (Å²) in [4.78, 5) is 4.14. The number of rotatable bonds is 4. The largest absolute Gasteiger partial charge is 0.490 e. The van der Waals surface area contributed by atoms with Crippen LogP contribution in [0.3, 0.4) is 0 Å². The van der Waals surface area contributed by atoms with E-state index in [-0.39, 0.29) is 11.3 Å². The first-order valence-corrected chi connectivity index (χ1v) is 5.49. The molecule has 4 nitrogen and oxygen atoms in total. The first kappa shape index (κ1) is 12.1. The average molecular weight is 245 g/mol. The summed E-state index contributed by atoms with van der Waals surface area (Å²) in [6, 6.07) is 6.03. The lowest BCUT2D eigenvalue weighted by molar-refractivity contribution is 0.301. The molecule has 0 radical (unpaired) electrons. The maximum atomic E-state index is 13.5. The van der Waals surface area contributed by atoms with Gasteiger partial charge in [-0.05, 0) is 18.2 Å². The van der Waals surface area contributed by atoms with Crippen molar-refractivity contribution in [2.24, 2.45) is 7.05 Å². The van der Waals surface area contributed by atoms with E-state index in [0.29, 0.717) is 13.0 Å². The number of hydrogen-bond acceptors (Lipinski definition) is 3. The molecular weight excluding hydrogens is 233 g/mol. The molecule has 0 aliphatic heterocycles. The van der Waals surface area contributed by atoms with Gasteiger partial charge in [-0.25, -0.2) is 9.37 Å². The van der Waals surface area contributed by atoms with Crippen LogP contribution in [0.5, 0.6) is 5.75 Å². The lowest BCUT2D eigenvalue weighted by Crippen LogP contribution is -2.07. The maximum absolute atomic E-state index is 13.5. The number of aromatic nitrogens is 2. The summed E-state index contributed by atoms with van der Waals surface area (Å²) in [7, 11) is 1.89. The molecule has 0 amide bonds. The lowest BCUT2D eigenvalue weighted by atomic mass is 10.2. The topological polar surface area (TPSA) is 50.8 Å². The zero-order valence-corrected chi connectivity index (χ0v) is 9.93. The van der Waals surface area contributed by atoms with E-state index in [1.807, 2.05) is 23.9 Å². The molecule has 0 fully saturated rings. The Morgan fingerprint density at radius 2 is 2.33 bits per heavy atom. The first-order valence-electron chi connectivity index (χ1n) is 5.49. The molecule has 0 N–H and O–H groups in total. The van der Waals surface area contributed by atoms with Crippen molar-refractivity contribution >= 4 is 0 Å². The summed E-state index contributed by atoms with van der Waals surface area (Å²) in [6.07, 6.45) is 4.15. The highest BCUT2D eigenvalue weighted by molar-refractivity contribution is 5.35. The van der Waals surface area contributed by atoms with E-state index in [9.17, 15) is 4.39 Å². The normalized spacial score (nSPS) is 10.1. The van der Waals surface area contributed by atoms with Crippen molar-refractivity contribution in [3.63, 3.8) is 0 Å². The maximum Gasteiger partial charge on any atom is 0.166 e. The monoisotopic (exact) mass is 245 g/mol. The summed E-state index contributed by atoms with van der Waals surface area (Å²) in [5, 5.41) is 8.62. The Kier molecular flexibility index (Phi) is 3.58. The fraction of sp³-hybridized carbons (Fsp3) is 0.231. The number of halogens is 1. The van der Waals surface area contributed by atoms with Gasteiger partial charge in [0, 0.05) is 25.9 Å². The number of imidazole rings is 1. The highest BCUT2D eigenvalue weighted by Crippen LogP contribution is 2.18. The van der Waals surface area contributed by atoms with E-state index in [0.717, 1.165) is 11.9 Å². The molecule has 0 aliphatic rings. The van der Waals surface area contributed by atoms with Crippen LogP contribution in [0.2, 0.25) is 0 Å². The Bertz CT molecular complexity index is 586. The predicted molar refractivity (Wildman–Crippen MR) is 63.5 cm³/mol. The number of nitriles is 1. The Hall–Kier alpha value is -2.35. The fourth-order valence-electron chi connectivity index (χ4n) is 1.58. The molecule has 0 aliphatic carbocycles. The molecule has 0 saturated carbocycles. The van der Waals surface area contributed by atoms with Crippen LogP contribution in [-0.2, 0) is 13.5 Å². The summed E-state index contributed by atoms with van der Waals surface area (Å²) in [5.41, 5.74) is 0.281. The Morgan fingerprint density at radius 3 is 2.94 bits per heavy atom. The molecule has 1 aromatic heterocycles. The van der Waals surface area contributed by atoms with Crippen LogP contribution < -0.4 is 4.74 Å². The molecule has 1 aromatic carbocycles. The van der Waals surface area contributed by atoms with Crippen molar-refractivity contribution in [3.8, 4) is 11.8 Å². The Balaban J connectivity index is 1.95. The van der Waals surface area contributed by atoms with Crippen LogP contribution in [0.25, 0.3) is 0 Å². The molecule has 0 atom stereocenters. The van der Waals surface area contributed by atoms with Crippen molar-refractivity contribution in [1.29, 1.82) is 5.26 Å². The molecule has 0 saturated heterocycles. The van der Waals surface area contributed by atoms with E-state index in [2.05, 4.69) is 4.98 Å². The van der Waals surface area contributed by atoms with Crippen molar-refractivity contribution in [2.45, 2.75) is 6.42 Å². The van der Waals surface area contributed by atoms with Gasteiger partial charge in [-0.15, -0.1) is 0 Å². The standard InChI is InChI=1S/C13H12FN3O/c1-17-6-5-16-13(17)4-7-18-12-3-2-10(9-15)8-11(12)14/h2-3,5-6,8H,4,7H2,1H3. The SMILES string of the molecule is Cn1ccnc1CCOc1ccc(C#N)cc1F. The van der Waals surface area contributed by atoms with Gasteiger partial charge in [0.05, 0.1) is 18.2 Å². The molecule has 5 heteroatoms. The second-order valence-electron chi connectivity index (χ2n) is 3.81. The number of hydrogen-bond donors (Lipinski definition) is 0. The zero-order valence-electron chi connectivity index (χ0n) is 9.93. The summed E-state index contributed by atoms with van der Waals surface area (Å²) in [5.74, 6) is 0.515. The molecular formula is C13H12FN3O. The van der Waals surface area contributed by atoms with Gasteiger partial charge >= 0.3 is 0 Å². The van der Waals surface area contributed by atoms with Gasteiger partial charge in [-0.3, -0.25) is 0 Å². The van der Waals surface area contributed by atoms with Crippen LogP contribution in [0.15, 0.2) is 30.6 Å². The van der Waals surface area contributed by atoms with Crippen molar-refractivity contribution < 1.29 is 9.13 Å². The minimum absolute atomic E-state index is 0.156. The van der Waals surface area contributed by atoms with Crippen LogP contribution in [0.4, 0.5) is 4.39 Å². The number of nitrogens with zero attached hydrogens (tertiary/aromatic N) is 3. The molecule has 0 spiro atoms. The van der Waals surface area contributed by atoms with E-state index < -0.39 is 5.82 Å². The minimum Gasteiger partial charge on any atom is -0.490 e. The smallest absolute Gasteiger partial charge is 0.166 e. The number of ether oxygens (including phenoxy) is 1. The zero-order chi connectivity index (χ0) is 13.0. The number of aryl methyl sites for hydroxylation is 1. The summed E-state index contributed by atoms with van der Waals surface area (Å²) in [6.45, 7) is 0.341. The quantitative estimate of drug-likeness (QED) is 0.828. The third kappa shape index (κ3) is 2.66. The van der Waals surface area contributed by atoms with E-state index in [1.165, 1.54) is 12.1 Å². The first-order chi connectivity index (χ1) is 8.70. The Morgan fingerprint density at radius 1 is 1.50 bits per heavy atom. The molecule has 92 valence electrons. The second-order valence-corrected chi connectivity index (χ2v) is 3.81. The van der Waals surface area contributed by atoms with Crippen LogP contribution >= 0.6 is 0 Å². The van der Waals surface area contributed by atoms with Gasteiger partial charge in [0.15, 0.2) is 11.6 Å². The van der Waals surface area contributed by atoms with Crippen LogP contribution in [0, 0.1) is 17.1 Å². The third-order valence-electron chi connectivity index (χ3n) is 2.57. The third-order valence-corrected chi connectivity index (χ3v) is 2.57. The summed E-state index contributed by atoms with van der Waals surface area (Å²) >= 11 is 0. The molecule has 0 unspecified atom stereocenters. The van der Waals surface area contributed by atoms with Gasteiger partial charge in [-0.1, -0.05) is 0 Å². The molecule has 18 heavy (non-hydrogen) atoms. The highest BCUT2D eigenvalue weighted by Gasteiger charge is 2.05. The van der Waals surface area contributed by atoms with Crippen molar-refractivity contribution in [2.75, 3.05) is 6.61 Å². The summed E-state index contributed by atoms with van der Waals surface area (Å²) < 4.78 is 20.7. The Labute approximate surface area is 104 Å². The van der Waals surface area contributed by atoms with Gasteiger partial charge in [0.25, 0.3) is 0 Å².